The zero-order valence-corrected chi connectivity index (χ0v) is 15.2. The van der Waals surface area contributed by atoms with E-state index >= 15 is 0 Å². The van der Waals surface area contributed by atoms with Gasteiger partial charge in [-0.3, -0.25) is 0 Å². The first kappa shape index (κ1) is 17.8. The Morgan fingerprint density at radius 1 is 1.36 bits per heavy atom. The second-order valence-electron chi connectivity index (χ2n) is 5.61. The fourth-order valence-electron chi connectivity index (χ4n) is 2.74. The Balaban J connectivity index is 1.61. The summed E-state index contributed by atoms with van der Waals surface area (Å²) >= 11 is 12.3. The van der Waals surface area contributed by atoms with E-state index in [1.54, 1.807) is 19.1 Å². The summed E-state index contributed by atoms with van der Waals surface area (Å²) in [7, 11) is 0. The third-order valence-corrected chi connectivity index (χ3v) is 4.52. The van der Waals surface area contributed by atoms with Crippen molar-refractivity contribution in [3.8, 4) is 5.88 Å². The number of piperidine rings is 1. The molecule has 0 spiro atoms. The van der Waals surface area contributed by atoms with Crippen molar-refractivity contribution in [3.05, 3.63) is 33.9 Å². The molecule has 0 aliphatic carbocycles. The number of aromatic nitrogens is 3. The van der Waals surface area contributed by atoms with Crippen LogP contribution in [-0.4, -0.2) is 47.2 Å². The average molecular weight is 385 g/mol. The first-order chi connectivity index (χ1) is 12.1. The molecule has 0 amide bonds. The highest BCUT2D eigenvalue weighted by atomic mass is 35.5. The molecule has 1 fully saturated rings. The van der Waals surface area contributed by atoms with Gasteiger partial charge >= 0.3 is 5.97 Å². The number of anilines is 1. The number of nitrogens with zero attached hydrogens (tertiary/aromatic N) is 3. The molecule has 7 nitrogen and oxygen atoms in total. The summed E-state index contributed by atoms with van der Waals surface area (Å²) in [5.41, 5.74) is 1.06. The van der Waals surface area contributed by atoms with E-state index in [9.17, 15) is 4.79 Å². The Labute approximate surface area is 155 Å². The summed E-state index contributed by atoms with van der Waals surface area (Å²) in [6.07, 6.45) is 1.46. The van der Waals surface area contributed by atoms with Gasteiger partial charge in [0.1, 0.15) is 6.10 Å². The maximum absolute atomic E-state index is 11.8. The molecule has 2 aromatic rings. The Bertz CT molecular complexity index is 745. The molecule has 25 heavy (non-hydrogen) atoms. The number of carbonyl (C=O) groups is 1. The molecule has 9 heteroatoms. The van der Waals surface area contributed by atoms with Crippen LogP contribution in [-0.2, 0) is 4.74 Å². The zero-order valence-electron chi connectivity index (χ0n) is 13.7. The van der Waals surface area contributed by atoms with Gasteiger partial charge in [0.15, 0.2) is 0 Å². The number of hydrogen-bond donors (Lipinski definition) is 1. The number of esters is 1. The minimum Gasteiger partial charge on any atom is -0.471 e. The predicted molar refractivity (Wildman–Crippen MR) is 94.7 cm³/mol. The minimum absolute atomic E-state index is 0.0625. The lowest BCUT2D eigenvalue weighted by Gasteiger charge is -2.33. The number of benzene rings is 1. The van der Waals surface area contributed by atoms with E-state index in [1.807, 2.05) is 6.07 Å². The molecule has 0 atom stereocenters. The van der Waals surface area contributed by atoms with E-state index in [0.717, 1.165) is 31.6 Å². The molecular weight excluding hydrogens is 367 g/mol. The first-order valence-electron chi connectivity index (χ1n) is 8.03. The summed E-state index contributed by atoms with van der Waals surface area (Å²) < 4.78 is 10.8. The number of rotatable bonds is 5. The van der Waals surface area contributed by atoms with Gasteiger partial charge in [-0.15, -0.1) is 0 Å². The predicted octanol–water partition coefficient (Wildman–Crippen LogP) is 3.34. The van der Waals surface area contributed by atoms with Crippen molar-refractivity contribution in [3.63, 3.8) is 0 Å². The molecule has 1 N–H and O–H groups in total. The summed E-state index contributed by atoms with van der Waals surface area (Å²) in [6.45, 7) is 3.53. The molecule has 0 radical (unpaired) electrons. The first-order valence-corrected chi connectivity index (χ1v) is 8.79. The van der Waals surface area contributed by atoms with Crippen molar-refractivity contribution in [2.75, 3.05) is 24.6 Å². The average Bonchev–Trinajstić information content (AvgIpc) is 3.06. The summed E-state index contributed by atoms with van der Waals surface area (Å²) in [6, 6.07) is 5.43. The Hall–Kier alpha value is -1.99. The fraction of sp³-hybridized carbons (Fsp3) is 0.438. The van der Waals surface area contributed by atoms with Crippen LogP contribution in [0.25, 0.3) is 0 Å². The maximum atomic E-state index is 11.8. The number of halogens is 2. The van der Waals surface area contributed by atoms with Gasteiger partial charge in [-0.1, -0.05) is 33.5 Å². The van der Waals surface area contributed by atoms with Crippen molar-refractivity contribution in [1.29, 1.82) is 0 Å². The highest BCUT2D eigenvalue weighted by Crippen LogP contribution is 2.31. The van der Waals surface area contributed by atoms with Crippen molar-refractivity contribution >= 4 is 34.9 Å². The van der Waals surface area contributed by atoms with Gasteiger partial charge in [-0.25, -0.2) is 9.89 Å². The molecule has 0 unspecified atom stereocenters. The number of ether oxygens (including phenoxy) is 2. The Morgan fingerprint density at radius 2 is 2.12 bits per heavy atom. The lowest BCUT2D eigenvalue weighted by Crippen LogP contribution is -2.38. The van der Waals surface area contributed by atoms with Crippen LogP contribution in [0.3, 0.4) is 0 Å². The molecule has 0 bridgehead atoms. The maximum Gasteiger partial charge on any atom is 0.362 e. The topological polar surface area (TPSA) is 80.3 Å². The van der Waals surface area contributed by atoms with Gasteiger partial charge in [0.2, 0.25) is 5.69 Å². The third-order valence-electron chi connectivity index (χ3n) is 3.97. The van der Waals surface area contributed by atoms with Gasteiger partial charge < -0.3 is 14.4 Å². The van der Waals surface area contributed by atoms with E-state index in [1.165, 1.54) is 0 Å². The largest absolute Gasteiger partial charge is 0.471 e. The second kappa shape index (κ2) is 7.93. The Morgan fingerprint density at radius 3 is 2.84 bits per heavy atom. The van der Waals surface area contributed by atoms with E-state index < -0.39 is 5.97 Å². The number of nitrogens with one attached hydrogen (secondary N) is 1. The van der Waals surface area contributed by atoms with Gasteiger partial charge in [0, 0.05) is 31.0 Å². The van der Waals surface area contributed by atoms with Gasteiger partial charge in [0.05, 0.1) is 17.3 Å². The number of H-pyrrole nitrogens is 1. The lowest BCUT2D eigenvalue weighted by atomic mass is 10.1. The van der Waals surface area contributed by atoms with Gasteiger partial charge in [-0.05, 0) is 25.1 Å². The minimum atomic E-state index is -0.523. The van der Waals surface area contributed by atoms with Crippen molar-refractivity contribution < 1.29 is 14.3 Å². The molecular formula is C16H18Cl2N4O3. The molecule has 3 rings (SSSR count). The highest BCUT2D eigenvalue weighted by Gasteiger charge is 2.26. The number of carbonyl (C=O) groups excluding carboxylic acids is 1. The van der Waals surface area contributed by atoms with Crippen LogP contribution in [0.4, 0.5) is 5.69 Å². The van der Waals surface area contributed by atoms with Crippen LogP contribution >= 0.6 is 23.2 Å². The van der Waals surface area contributed by atoms with Crippen LogP contribution in [0.5, 0.6) is 5.88 Å². The van der Waals surface area contributed by atoms with Crippen molar-refractivity contribution in [1.82, 2.24) is 15.4 Å². The lowest BCUT2D eigenvalue weighted by molar-refractivity contribution is 0.0510. The van der Waals surface area contributed by atoms with Crippen molar-refractivity contribution in [2.45, 2.75) is 25.9 Å². The third kappa shape index (κ3) is 4.16. The monoisotopic (exact) mass is 384 g/mol. The smallest absolute Gasteiger partial charge is 0.362 e. The second-order valence-corrected chi connectivity index (χ2v) is 6.46. The van der Waals surface area contributed by atoms with Crippen LogP contribution < -0.4 is 9.64 Å². The molecule has 134 valence electrons. The van der Waals surface area contributed by atoms with E-state index in [2.05, 4.69) is 20.3 Å². The van der Waals surface area contributed by atoms with Gasteiger partial charge in [0.25, 0.3) is 5.88 Å². The molecule has 1 saturated heterocycles. The molecule has 1 aliphatic rings. The van der Waals surface area contributed by atoms with Crippen LogP contribution in [0.2, 0.25) is 10.0 Å². The molecule has 1 aromatic heterocycles. The quantitative estimate of drug-likeness (QED) is 0.796. The molecule has 1 aromatic carbocycles. The molecule has 1 aliphatic heterocycles. The summed E-state index contributed by atoms with van der Waals surface area (Å²) in [4.78, 5) is 14.0. The molecule has 2 heterocycles. The van der Waals surface area contributed by atoms with Crippen LogP contribution in [0.15, 0.2) is 18.2 Å². The van der Waals surface area contributed by atoms with Crippen LogP contribution in [0.1, 0.15) is 30.3 Å². The van der Waals surface area contributed by atoms with E-state index in [0.29, 0.717) is 10.0 Å². The fourth-order valence-corrected chi connectivity index (χ4v) is 3.14. The number of aromatic amines is 1. The standard InChI is InChI=1S/C16H18Cl2N4O3/c1-2-24-16(23)14-15(20-21-19-14)25-11-5-7-22(8-6-11)13-9-10(17)3-4-12(13)18/h3-4,9,11H,2,5-8H2,1H3,(H,19,20,21). The normalized spacial score (nSPS) is 15.2. The highest BCUT2D eigenvalue weighted by molar-refractivity contribution is 6.35. The van der Waals surface area contributed by atoms with E-state index in [4.69, 9.17) is 32.7 Å². The molecule has 0 saturated carbocycles. The van der Waals surface area contributed by atoms with Gasteiger partial charge in [-0.2, -0.15) is 0 Å². The van der Waals surface area contributed by atoms with Crippen LogP contribution in [0, 0.1) is 0 Å². The summed E-state index contributed by atoms with van der Waals surface area (Å²) in [5.74, 6) is -0.344. The number of hydrogen-bond acceptors (Lipinski definition) is 6. The zero-order chi connectivity index (χ0) is 17.8. The van der Waals surface area contributed by atoms with E-state index in [-0.39, 0.29) is 24.3 Å². The Kier molecular flexibility index (Phi) is 5.65. The van der Waals surface area contributed by atoms with Crippen molar-refractivity contribution in [2.24, 2.45) is 0 Å². The SMILES string of the molecule is CCOC(=O)c1[nH]nnc1OC1CCN(c2cc(Cl)ccc2Cl)CC1. The summed E-state index contributed by atoms with van der Waals surface area (Å²) in [5, 5.41) is 11.3.